The highest BCUT2D eigenvalue weighted by atomic mass is 79.9. The summed E-state index contributed by atoms with van der Waals surface area (Å²) in [5, 5.41) is 0.592. The van der Waals surface area contributed by atoms with Crippen LogP contribution in [0.1, 0.15) is 17.2 Å². The molecule has 5 heteroatoms. The van der Waals surface area contributed by atoms with Crippen LogP contribution >= 0.6 is 27.5 Å². The standard InChI is InChI=1S/C15H16BrClN2O/c1-20-15-9-11(5-6-13(15)17)14(19-18)8-10-3-2-4-12(16)7-10/h2-7,9,14,19H,8,18H2,1H3. The maximum absolute atomic E-state index is 6.04. The first-order valence-corrected chi connectivity index (χ1v) is 7.35. The molecule has 0 saturated carbocycles. The topological polar surface area (TPSA) is 47.3 Å². The van der Waals surface area contributed by atoms with Gasteiger partial charge in [0.15, 0.2) is 0 Å². The fourth-order valence-corrected chi connectivity index (χ4v) is 2.71. The lowest BCUT2D eigenvalue weighted by Crippen LogP contribution is -2.29. The van der Waals surface area contributed by atoms with Crippen molar-refractivity contribution in [2.75, 3.05) is 7.11 Å². The third-order valence-corrected chi connectivity index (χ3v) is 3.91. The Bertz CT molecular complexity index is 592. The van der Waals surface area contributed by atoms with Gasteiger partial charge in [0.2, 0.25) is 0 Å². The number of methoxy groups -OCH3 is 1. The van der Waals surface area contributed by atoms with E-state index in [1.54, 1.807) is 7.11 Å². The molecule has 20 heavy (non-hydrogen) atoms. The number of nitrogens with one attached hydrogen (secondary N) is 1. The number of halogens is 2. The van der Waals surface area contributed by atoms with Crippen molar-refractivity contribution >= 4 is 27.5 Å². The van der Waals surface area contributed by atoms with Crippen LogP contribution in [-0.4, -0.2) is 7.11 Å². The Balaban J connectivity index is 2.24. The Labute approximate surface area is 132 Å². The highest BCUT2D eigenvalue weighted by molar-refractivity contribution is 9.10. The molecule has 0 aliphatic heterocycles. The molecule has 0 spiro atoms. The van der Waals surface area contributed by atoms with E-state index in [2.05, 4.69) is 33.5 Å². The molecule has 0 heterocycles. The van der Waals surface area contributed by atoms with Gasteiger partial charge in [-0.05, 0) is 41.8 Å². The molecule has 0 fully saturated rings. The SMILES string of the molecule is COc1cc(C(Cc2cccc(Br)c2)NN)ccc1Cl. The molecule has 1 unspecified atom stereocenters. The number of hydrazine groups is 1. The van der Waals surface area contributed by atoms with E-state index < -0.39 is 0 Å². The fourth-order valence-electron chi connectivity index (χ4n) is 2.07. The molecule has 0 aliphatic rings. The summed E-state index contributed by atoms with van der Waals surface area (Å²) in [6.07, 6.45) is 0.778. The van der Waals surface area contributed by atoms with E-state index in [1.807, 2.05) is 30.3 Å². The minimum absolute atomic E-state index is 0.00420. The third kappa shape index (κ3) is 3.73. The van der Waals surface area contributed by atoms with E-state index >= 15 is 0 Å². The average molecular weight is 356 g/mol. The van der Waals surface area contributed by atoms with Gasteiger partial charge in [-0.1, -0.05) is 45.7 Å². The molecule has 2 aromatic carbocycles. The Morgan fingerprint density at radius 2 is 2.10 bits per heavy atom. The Kier molecular flexibility index (Phi) is 5.43. The van der Waals surface area contributed by atoms with Gasteiger partial charge < -0.3 is 4.74 Å². The smallest absolute Gasteiger partial charge is 0.137 e. The van der Waals surface area contributed by atoms with E-state index in [0.717, 1.165) is 16.5 Å². The van der Waals surface area contributed by atoms with Crippen LogP contribution in [-0.2, 0) is 6.42 Å². The zero-order chi connectivity index (χ0) is 14.5. The van der Waals surface area contributed by atoms with E-state index in [1.165, 1.54) is 5.56 Å². The van der Waals surface area contributed by atoms with Gasteiger partial charge in [-0.3, -0.25) is 11.3 Å². The molecule has 0 amide bonds. The first kappa shape index (κ1) is 15.3. The summed E-state index contributed by atoms with van der Waals surface area (Å²) in [4.78, 5) is 0. The number of benzene rings is 2. The predicted octanol–water partition coefficient (Wildman–Crippen LogP) is 3.86. The Morgan fingerprint density at radius 1 is 1.30 bits per heavy atom. The van der Waals surface area contributed by atoms with Crippen LogP contribution in [0.25, 0.3) is 0 Å². The lowest BCUT2D eigenvalue weighted by Gasteiger charge is -2.18. The molecular weight excluding hydrogens is 340 g/mol. The van der Waals surface area contributed by atoms with Crippen molar-refractivity contribution < 1.29 is 4.74 Å². The van der Waals surface area contributed by atoms with Gasteiger partial charge in [0, 0.05) is 4.47 Å². The van der Waals surface area contributed by atoms with Gasteiger partial charge in [0.05, 0.1) is 18.2 Å². The van der Waals surface area contributed by atoms with Crippen LogP contribution in [0.4, 0.5) is 0 Å². The molecule has 3 nitrogen and oxygen atoms in total. The molecular formula is C15H16BrClN2O. The van der Waals surface area contributed by atoms with Gasteiger partial charge >= 0.3 is 0 Å². The number of hydrogen-bond donors (Lipinski definition) is 2. The first-order chi connectivity index (χ1) is 9.63. The van der Waals surface area contributed by atoms with Gasteiger partial charge in [-0.15, -0.1) is 0 Å². The second-order valence-electron chi connectivity index (χ2n) is 4.45. The van der Waals surface area contributed by atoms with E-state index in [0.29, 0.717) is 10.8 Å². The molecule has 1 atom stereocenters. The van der Waals surface area contributed by atoms with Crippen LogP contribution in [0.5, 0.6) is 5.75 Å². The highest BCUT2D eigenvalue weighted by Crippen LogP contribution is 2.29. The second kappa shape index (κ2) is 7.09. The number of rotatable bonds is 5. The lowest BCUT2D eigenvalue weighted by molar-refractivity contribution is 0.413. The molecule has 0 aromatic heterocycles. The molecule has 106 valence electrons. The molecule has 2 rings (SSSR count). The van der Waals surface area contributed by atoms with E-state index in [9.17, 15) is 0 Å². The largest absolute Gasteiger partial charge is 0.495 e. The number of nitrogens with two attached hydrogens (primary N) is 1. The summed E-state index contributed by atoms with van der Waals surface area (Å²) < 4.78 is 6.30. The molecule has 0 bridgehead atoms. The molecule has 3 N–H and O–H groups in total. The summed E-state index contributed by atoms with van der Waals surface area (Å²) in [7, 11) is 1.60. The maximum Gasteiger partial charge on any atom is 0.137 e. The molecule has 0 saturated heterocycles. The van der Waals surface area contributed by atoms with Gasteiger partial charge in [0.1, 0.15) is 5.75 Å². The lowest BCUT2D eigenvalue weighted by atomic mass is 9.99. The van der Waals surface area contributed by atoms with E-state index in [4.69, 9.17) is 22.2 Å². The Hall–Kier alpha value is -1.07. The minimum atomic E-state index is -0.00420. The van der Waals surface area contributed by atoms with Crippen LogP contribution < -0.4 is 16.0 Å². The number of ether oxygens (including phenoxy) is 1. The number of hydrogen-bond acceptors (Lipinski definition) is 3. The zero-order valence-electron chi connectivity index (χ0n) is 11.1. The van der Waals surface area contributed by atoms with Crippen LogP contribution in [0.2, 0.25) is 5.02 Å². The molecule has 0 aliphatic carbocycles. The van der Waals surface area contributed by atoms with Gasteiger partial charge in [-0.2, -0.15) is 0 Å². The van der Waals surface area contributed by atoms with Crippen molar-refractivity contribution in [3.05, 3.63) is 63.1 Å². The summed E-state index contributed by atoms with van der Waals surface area (Å²) in [6, 6.07) is 13.8. The van der Waals surface area contributed by atoms with Crippen LogP contribution in [0.15, 0.2) is 46.9 Å². The van der Waals surface area contributed by atoms with Crippen molar-refractivity contribution in [3.63, 3.8) is 0 Å². The van der Waals surface area contributed by atoms with Crippen LogP contribution in [0, 0.1) is 0 Å². The zero-order valence-corrected chi connectivity index (χ0v) is 13.4. The summed E-state index contributed by atoms with van der Waals surface area (Å²) in [6.45, 7) is 0. The van der Waals surface area contributed by atoms with Gasteiger partial charge in [-0.25, -0.2) is 0 Å². The molecule has 0 radical (unpaired) electrons. The summed E-state index contributed by atoms with van der Waals surface area (Å²) in [5.41, 5.74) is 5.07. The van der Waals surface area contributed by atoms with Crippen molar-refractivity contribution in [2.24, 2.45) is 5.84 Å². The summed E-state index contributed by atoms with van der Waals surface area (Å²) >= 11 is 9.52. The van der Waals surface area contributed by atoms with E-state index in [-0.39, 0.29) is 6.04 Å². The van der Waals surface area contributed by atoms with Crippen molar-refractivity contribution in [3.8, 4) is 5.75 Å². The third-order valence-electron chi connectivity index (χ3n) is 3.11. The maximum atomic E-state index is 6.04. The first-order valence-electron chi connectivity index (χ1n) is 6.18. The fraction of sp³-hybridized carbons (Fsp3) is 0.200. The minimum Gasteiger partial charge on any atom is -0.495 e. The monoisotopic (exact) mass is 354 g/mol. The van der Waals surface area contributed by atoms with Gasteiger partial charge in [0.25, 0.3) is 0 Å². The average Bonchev–Trinajstić information content (AvgIpc) is 2.45. The Morgan fingerprint density at radius 3 is 2.75 bits per heavy atom. The van der Waals surface area contributed by atoms with Crippen molar-refractivity contribution in [1.82, 2.24) is 5.43 Å². The quantitative estimate of drug-likeness (QED) is 0.632. The molecule has 2 aromatic rings. The predicted molar refractivity (Wildman–Crippen MR) is 85.9 cm³/mol. The summed E-state index contributed by atoms with van der Waals surface area (Å²) in [5.74, 6) is 6.34. The van der Waals surface area contributed by atoms with Crippen molar-refractivity contribution in [2.45, 2.75) is 12.5 Å². The van der Waals surface area contributed by atoms with Crippen LogP contribution in [0.3, 0.4) is 0 Å². The second-order valence-corrected chi connectivity index (χ2v) is 5.77. The van der Waals surface area contributed by atoms with Crippen molar-refractivity contribution in [1.29, 1.82) is 0 Å². The normalized spacial score (nSPS) is 12.2. The highest BCUT2D eigenvalue weighted by Gasteiger charge is 2.13.